The first-order valence-electron chi connectivity index (χ1n) is 5.35. The third-order valence-electron chi connectivity index (χ3n) is 2.07. The molecule has 0 atom stereocenters. The van der Waals surface area contributed by atoms with Gasteiger partial charge in [0.2, 0.25) is 5.82 Å². The average Bonchev–Trinajstić information content (AvgIpc) is 2.46. The summed E-state index contributed by atoms with van der Waals surface area (Å²) in [5.41, 5.74) is -9.11. The predicted molar refractivity (Wildman–Crippen MR) is 63.7 cm³/mol. The SMILES string of the molecule is Nc1c(F)c(F)c(F)c(F)c1F.O=S(=O)(NS(=O)(=O)C(F)(F)F)C(F)(F)F. The normalized spacial score (nSPS) is 13.1. The number of anilines is 1. The molecule has 0 radical (unpaired) electrons. The van der Waals surface area contributed by atoms with Crippen molar-refractivity contribution in [2.24, 2.45) is 0 Å². The van der Waals surface area contributed by atoms with Crippen LogP contribution < -0.4 is 9.86 Å². The summed E-state index contributed by atoms with van der Waals surface area (Å²) >= 11 is 0. The molecule has 3 N–H and O–H groups in total. The van der Waals surface area contributed by atoms with Gasteiger partial charge < -0.3 is 5.73 Å². The standard InChI is InChI=1S/C6H2F5N.C2HF6NO4S2/c7-1-2(8)4(10)6(12)5(11)3(1)9;3-1(4,5)14(10,11)9-15(12,13)2(6,7)8/h12H2;9H. The predicted octanol–water partition coefficient (Wildman–Crippen LogP) is 2.24. The van der Waals surface area contributed by atoms with Crippen LogP contribution in [-0.4, -0.2) is 27.9 Å². The lowest BCUT2D eigenvalue weighted by Crippen LogP contribution is -2.45. The second kappa shape index (κ2) is 7.62. The van der Waals surface area contributed by atoms with Gasteiger partial charge in [0.15, 0.2) is 23.3 Å². The molecule has 158 valence electrons. The van der Waals surface area contributed by atoms with Crippen molar-refractivity contribution < 1.29 is 65.1 Å². The van der Waals surface area contributed by atoms with E-state index in [9.17, 15) is 65.1 Å². The fraction of sp³-hybridized carbons (Fsp3) is 0.250. The Labute approximate surface area is 141 Å². The average molecular weight is 464 g/mol. The van der Waals surface area contributed by atoms with Crippen molar-refractivity contribution in [2.75, 3.05) is 5.73 Å². The second-order valence-corrected chi connectivity index (χ2v) is 7.57. The van der Waals surface area contributed by atoms with E-state index in [0.29, 0.717) is 0 Å². The molecule has 0 saturated carbocycles. The van der Waals surface area contributed by atoms with Gasteiger partial charge in [-0.1, -0.05) is 4.13 Å². The minimum Gasteiger partial charge on any atom is -0.394 e. The monoisotopic (exact) mass is 464 g/mol. The third-order valence-corrected chi connectivity index (χ3v) is 5.05. The number of hydrogen-bond acceptors (Lipinski definition) is 5. The molecule has 0 amide bonds. The topological polar surface area (TPSA) is 106 Å². The summed E-state index contributed by atoms with van der Waals surface area (Å²) < 4.78 is 169. The van der Waals surface area contributed by atoms with Crippen molar-refractivity contribution in [1.29, 1.82) is 0 Å². The van der Waals surface area contributed by atoms with E-state index < -0.39 is 70.0 Å². The van der Waals surface area contributed by atoms with Gasteiger partial charge in [-0.3, -0.25) is 0 Å². The Morgan fingerprint density at radius 2 is 0.815 bits per heavy atom. The summed E-state index contributed by atoms with van der Waals surface area (Å²) in [6.45, 7) is 0. The molecule has 0 aliphatic carbocycles. The minimum atomic E-state index is -6.60. The molecule has 27 heavy (non-hydrogen) atoms. The van der Waals surface area contributed by atoms with Gasteiger partial charge in [-0.15, -0.1) is 0 Å². The van der Waals surface area contributed by atoms with Gasteiger partial charge in [-0.25, -0.2) is 38.8 Å². The smallest absolute Gasteiger partial charge is 0.394 e. The summed E-state index contributed by atoms with van der Waals surface area (Å²) in [6, 6.07) is 0. The van der Waals surface area contributed by atoms with Crippen LogP contribution in [0.3, 0.4) is 0 Å². The molecule has 0 aliphatic heterocycles. The Bertz CT molecular complexity index is 774. The summed E-state index contributed by atoms with van der Waals surface area (Å²) in [6.07, 6.45) is 0. The van der Waals surface area contributed by atoms with Crippen molar-refractivity contribution in [3.63, 3.8) is 0 Å². The van der Waals surface area contributed by atoms with Crippen LogP contribution in [0, 0.1) is 29.1 Å². The Kier molecular flexibility index (Phi) is 7.09. The number of nitrogens with two attached hydrogens (primary N) is 1. The molecule has 1 aromatic carbocycles. The molecule has 0 spiro atoms. The third kappa shape index (κ3) is 5.54. The molecule has 1 aromatic rings. The van der Waals surface area contributed by atoms with E-state index in [1.54, 1.807) is 0 Å². The lowest BCUT2D eigenvalue weighted by Gasteiger charge is -2.11. The fourth-order valence-electron chi connectivity index (χ4n) is 0.861. The maximum atomic E-state index is 12.3. The van der Waals surface area contributed by atoms with Crippen LogP contribution in [0.5, 0.6) is 0 Å². The molecule has 0 aliphatic rings. The largest absolute Gasteiger partial charge is 0.512 e. The molecule has 0 saturated heterocycles. The highest BCUT2D eigenvalue weighted by Crippen LogP contribution is 2.27. The first kappa shape index (κ1) is 25.1. The van der Waals surface area contributed by atoms with Crippen LogP contribution in [0.4, 0.5) is 54.0 Å². The molecule has 0 fully saturated rings. The van der Waals surface area contributed by atoms with Crippen molar-refractivity contribution in [3.8, 4) is 0 Å². The van der Waals surface area contributed by atoms with Crippen molar-refractivity contribution >= 4 is 25.7 Å². The number of halogens is 11. The van der Waals surface area contributed by atoms with Crippen LogP contribution in [0.25, 0.3) is 0 Å². The first-order valence-corrected chi connectivity index (χ1v) is 8.32. The van der Waals surface area contributed by atoms with E-state index in [1.165, 1.54) is 0 Å². The number of hydrogen-bond donors (Lipinski definition) is 2. The molecule has 0 heterocycles. The van der Waals surface area contributed by atoms with Gasteiger partial charge in [0.1, 0.15) is 5.69 Å². The molecular weight excluding hydrogens is 461 g/mol. The quantitative estimate of drug-likeness (QED) is 0.302. The Morgan fingerprint density at radius 1 is 0.593 bits per heavy atom. The zero-order valence-electron chi connectivity index (χ0n) is 11.7. The lowest BCUT2D eigenvalue weighted by atomic mass is 10.2. The van der Waals surface area contributed by atoms with Gasteiger partial charge in [0, 0.05) is 0 Å². The minimum absolute atomic E-state index is 0.493. The second-order valence-electron chi connectivity index (χ2n) is 3.97. The van der Waals surface area contributed by atoms with E-state index >= 15 is 0 Å². The zero-order chi connectivity index (χ0) is 22.2. The molecule has 1 rings (SSSR count). The van der Waals surface area contributed by atoms with Crippen LogP contribution in [0.15, 0.2) is 0 Å². The molecule has 0 aromatic heterocycles. The Morgan fingerprint density at radius 3 is 1.04 bits per heavy atom. The van der Waals surface area contributed by atoms with Crippen LogP contribution in [0.1, 0.15) is 0 Å². The highest BCUT2D eigenvalue weighted by atomic mass is 32.3. The number of benzene rings is 1. The van der Waals surface area contributed by atoms with Gasteiger partial charge >= 0.3 is 31.1 Å². The summed E-state index contributed by atoms with van der Waals surface area (Å²) in [5.74, 6) is -10.3. The van der Waals surface area contributed by atoms with E-state index in [4.69, 9.17) is 0 Å². The summed E-state index contributed by atoms with van der Waals surface area (Å²) in [5, 5.41) is 0. The number of nitrogen functional groups attached to an aromatic ring is 1. The number of rotatable bonds is 2. The van der Waals surface area contributed by atoms with E-state index in [0.717, 1.165) is 0 Å². The van der Waals surface area contributed by atoms with E-state index in [2.05, 4.69) is 5.73 Å². The van der Waals surface area contributed by atoms with E-state index in [-0.39, 0.29) is 0 Å². The van der Waals surface area contributed by atoms with Gasteiger partial charge in [0.25, 0.3) is 0 Å². The first-order chi connectivity index (χ1) is 11.7. The molecular formula is C8H3F11N2O4S2. The van der Waals surface area contributed by atoms with Crippen molar-refractivity contribution in [1.82, 2.24) is 4.13 Å². The molecule has 0 bridgehead atoms. The van der Waals surface area contributed by atoms with Gasteiger partial charge in [-0.05, 0) is 0 Å². The molecule has 6 nitrogen and oxygen atoms in total. The van der Waals surface area contributed by atoms with Crippen LogP contribution >= 0.6 is 0 Å². The highest BCUT2D eigenvalue weighted by molar-refractivity contribution is 8.05. The van der Waals surface area contributed by atoms with Crippen LogP contribution in [0.2, 0.25) is 0 Å². The van der Waals surface area contributed by atoms with Crippen LogP contribution in [-0.2, 0) is 20.0 Å². The van der Waals surface area contributed by atoms with Crippen molar-refractivity contribution in [2.45, 2.75) is 11.0 Å². The summed E-state index contributed by atoms with van der Waals surface area (Å²) in [4.78, 5) is 0. The number of sulfonamides is 2. The highest BCUT2D eigenvalue weighted by Gasteiger charge is 2.55. The fourth-order valence-corrected chi connectivity index (χ4v) is 2.77. The summed E-state index contributed by atoms with van der Waals surface area (Å²) in [7, 11) is -13.2. The maximum Gasteiger partial charge on any atom is 0.512 e. The Hall–Kier alpha value is -1.89. The number of alkyl halides is 6. The molecule has 0 unspecified atom stereocenters. The van der Waals surface area contributed by atoms with Crippen molar-refractivity contribution in [3.05, 3.63) is 29.1 Å². The number of nitrogens with one attached hydrogen (secondary N) is 1. The van der Waals surface area contributed by atoms with E-state index in [1.807, 2.05) is 0 Å². The maximum absolute atomic E-state index is 12.3. The zero-order valence-corrected chi connectivity index (χ0v) is 13.3. The molecule has 19 heteroatoms. The Balaban J connectivity index is 0.000000511. The lowest BCUT2D eigenvalue weighted by molar-refractivity contribution is -0.0476. The van der Waals surface area contributed by atoms with Gasteiger partial charge in [-0.2, -0.15) is 26.3 Å². The van der Waals surface area contributed by atoms with Gasteiger partial charge in [0.05, 0.1) is 0 Å².